The summed E-state index contributed by atoms with van der Waals surface area (Å²) in [6.45, 7) is 6.14. The number of hydrogen-bond donors (Lipinski definition) is 1. The summed E-state index contributed by atoms with van der Waals surface area (Å²) in [6.07, 6.45) is 1.79. The zero-order valence-corrected chi connectivity index (χ0v) is 10.6. The lowest BCUT2D eigenvalue weighted by Crippen LogP contribution is -1.97. The second-order valence-corrected chi connectivity index (χ2v) is 5.18. The number of aromatic nitrogens is 6. The molecule has 0 unspecified atom stereocenters. The molecule has 3 rings (SSSR count). The molecule has 0 radical (unpaired) electrons. The maximum atomic E-state index is 4.55. The van der Waals surface area contributed by atoms with Gasteiger partial charge in [0.05, 0.1) is 11.8 Å². The summed E-state index contributed by atoms with van der Waals surface area (Å²) in [6, 6.07) is 0. The molecule has 3 heterocycles. The highest BCUT2D eigenvalue weighted by Crippen LogP contribution is 2.27. The normalized spacial score (nSPS) is 11.8. The van der Waals surface area contributed by atoms with Gasteiger partial charge in [-0.3, -0.25) is 5.10 Å². The van der Waals surface area contributed by atoms with Gasteiger partial charge < -0.3 is 0 Å². The Morgan fingerprint density at radius 2 is 2.18 bits per heavy atom. The van der Waals surface area contributed by atoms with Gasteiger partial charge in [0.1, 0.15) is 0 Å². The molecule has 3 aromatic heterocycles. The molecule has 0 amide bonds. The summed E-state index contributed by atoms with van der Waals surface area (Å²) in [5.41, 5.74) is 2.04. The molecule has 0 aliphatic carbocycles. The fourth-order valence-electron chi connectivity index (χ4n) is 1.67. The van der Waals surface area contributed by atoms with Crippen LogP contribution in [-0.2, 0) is 0 Å². The minimum Gasteiger partial charge on any atom is -0.282 e. The van der Waals surface area contributed by atoms with Crippen molar-refractivity contribution >= 4 is 16.3 Å². The van der Waals surface area contributed by atoms with E-state index < -0.39 is 0 Å². The number of fused-ring (bicyclic) bond motifs is 1. The van der Waals surface area contributed by atoms with Crippen LogP contribution in [0.1, 0.15) is 31.3 Å². The molecule has 1 N–H and O–H groups in total. The monoisotopic (exact) mass is 248 g/mol. The van der Waals surface area contributed by atoms with Gasteiger partial charge in [0, 0.05) is 11.6 Å². The Labute approximate surface area is 102 Å². The van der Waals surface area contributed by atoms with E-state index in [2.05, 4.69) is 39.3 Å². The van der Waals surface area contributed by atoms with Crippen molar-refractivity contribution < 1.29 is 0 Å². The summed E-state index contributed by atoms with van der Waals surface area (Å²) in [5.74, 6) is 1.20. The second-order valence-electron chi connectivity index (χ2n) is 4.22. The van der Waals surface area contributed by atoms with Crippen LogP contribution >= 0.6 is 11.3 Å². The Morgan fingerprint density at radius 1 is 1.35 bits per heavy atom. The number of nitrogens with zero attached hydrogens (tertiary/aromatic N) is 5. The van der Waals surface area contributed by atoms with Gasteiger partial charge in [-0.15, -0.1) is 10.2 Å². The fourth-order valence-corrected chi connectivity index (χ4v) is 2.58. The van der Waals surface area contributed by atoms with Crippen molar-refractivity contribution in [1.82, 2.24) is 30.0 Å². The predicted octanol–water partition coefficient (Wildman–Crippen LogP) is 2.01. The highest BCUT2D eigenvalue weighted by molar-refractivity contribution is 7.19. The van der Waals surface area contributed by atoms with E-state index in [0.717, 1.165) is 27.1 Å². The van der Waals surface area contributed by atoms with Gasteiger partial charge in [0.25, 0.3) is 0 Å². The molecule has 6 nitrogen and oxygen atoms in total. The Bertz CT molecular complexity index is 661. The lowest BCUT2D eigenvalue weighted by Gasteiger charge is -1.97. The number of rotatable bonds is 2. The first-order valence-electron chi connectivity index (χ1n) is 5.39. The molecule has 0 bridgehead atoms. The van der Waals surface area contributed by atoms with Crippen LogP contribution in [0.3, 0.4) is 0 Å². The first kappa shape index (κ1) is 10.4. The third kappa shape index (κ3) is 1.54. The molecule has 0 aliphatic heterocycles. The van der Waals surface area contributed by atoms with E-state index in [9.17, 15) is 0 Å². The van der Waals surface area contributed by atoms with E-state index in [1.165, 1.54) is 11.3 Å². The minimum absolute atomic E-state index is 0.311. The Balaban J connectivity index is 2.18. The van der Waals surface area contributed by atoms with Crippen molar-refractivity contribution in [3.05, 3.63) is 17.7 Å². The van der Waals surface area contributed by atoms with Crippen molar-refractivity contribution in [3.8, 4) is 10.6 Å². The van der Waals surface area contributed by atoms with Crippen LogP contribution in [0.4, 0.5) is 0 Å². The van der Waals surface area contributed by atoms with Crippen molar-refractivity contribution in [2.45, 2.75) is 26.7 Å². The molecule has 0 atom stereocenters. The standard InChI is InChI=1S/C10H12N6S/c1-5(2)8-13-14-10-16(8)15-9(17-10)7-4-11-12-6(7)3/h4-5H,1-3H3,(H,11,12). The van der Waals surface area contributed by atoms with E-state index in [1.807, 2.05) is 11.4 Å². The van der Waals surface area contributed by atoms with E-state index in [0.29, 0.717) is 5.92 Å². The molecule has 0 spiro atoms. The predicted molar refractivity (Wildman–Crippen MR) is 65.1 cm³/mol. The van der Waals surface area contributed by atoms with Gasteiger partial charge in [0.15, 0.2) is 10.8 Å². The first-order valence-corrected chi connectivity index (χ1v) is 6.21. The van der Waals surface area contributed by atoms with Crippen LogP contribution in [0.25, 0.3) is 15.5 Å². The van der Waals surface area contributed by atoms with E-state index in [4.69, 9.17) is 0 Å². The molecule has 0 fully saturated rings. The molecule has 0 saturated heterocycles. The van der Waals surface area contributed by atoms with Crippen LogP contribution in [0.2, 0.25) is 0 Å². The molecule has 88 valence electrons. The van der Waals surface area contributed by atoms with Crippen molar-refractivity contribution in [2.24, 2.45) is 0 Å². The van der Waals surface area contributed by atoms with Crippen molar-refractivity contribution in [2.75, 3.05) is 0 Å². The Hall–Kier alpha value is -1.76. The fraction of sp³-hybridized carbons (Fsp3) is 0.400. The van der Waals surface area contributed by atoms with E-state index in [1.54, 1.807) is 6.20 Å². The number of nitrogens with one attached hydrogen (secondary N) is 1. The molecule has 7 heteroatoms. The summed E-state index contributed by atoms with van der Waals surface area (Å²) in [5, 5.41) is 20.7. The minimum atomic E-state index is 0.311. The molecule has 0 aromatic carbocycles. The van der Waals surface area contributed by atoms with Gasteiger partial charge in [0.2, 0.25) is 4.96 Å². The topological polar surface area (TPSA) is 71.8 Å². The summed E-state index contributed by atoms with van der Waals surface area (Å²) >= 11 is 1.53. The quantitative estimate of drug-likeness (QED) is 0.753. The van der Waals surface area contributed by atoms with Gasteiger partial charge in [-0.05, 0) is 6.92 Å². The van der Waals surface area contributed by atoms with E-state index in [-0.39, 0.29) is 0 Å². The molecular weight excluding hydrogens is 236 g/mol. The van der Waals surface area contributed by atoms with Crippen LogP contribution in [-0.4, -0.2) is 30.0 Å². The zero-order chi connectivity index (χ0) is 12.0. The number of aryl methyl sites for hydroxylation is 1. The van der Waals surface area contributed by atoms with E-state index >= 15 is 0 Å². The summed E-state index contributed by atoms with van der Waals surface area (Å²) in [7, 11) is 0. The maximum absolute atomic E-state index is 4.55. The average molecular weight is 248 g/mol. The van der Waals surface area contributed by atoms with Gasteiger partial charge >= 0.3 is 0 Å². The highest BCUT2D eigenvalue weighted by Gasteiger charge is 2.16. The van der Waals surface area contributed by atoms with Crippen molar-refractivity contribution in [1.29, 1.82) is 0 Å². The number of H-pyrrole nitrogens is 1. The third-order valence-electron chi connectivity index (χ3n) is 2.59. The molecule has 3 aromatic rings. The van der Waals surface area contributed by atoms with Gasteiger partial charge in [-0.1, -0.05) is 25.2 Å². The van der Waals surface area contributed by atoms with Gasteiger partial charge in [-0.2, -0.15) is 14.7 Å². The Kier molecular flexibility index (Phi) is 2.22. The lowest BCUT2D eigenvalue weighted by molar-refractivity contribution is 0.727. The largest absolute Gasteiger partial charge is 0.282 e. The summed E-state index contributed by atoms with van der Waals surface area (Å²) in [4.78, 5) is 0.823. The zero-order valence-electron chi connectivity index (χ0n) is 9.80. The first-order chi connectivity index (χ1) is 8.16. The molecule has 0 saturated carbocycles. The second kappa shape index (κ2) is 3.63. The molecular formula is C10H12N6S. The molecule has 0 aliphatic rings. The highest BCUT2D eigenvalue weighted by atomic mass is 32.1. The SMILES string of the molecule is Cc1[nH]ncc1-c1nn2c(C(C)C)nnc2s1. The van der Waals surface area contributed by atoms with Crippen molar-refractivity contribution in [3.63, 3.8) is 0 Å². The third-order valence-corrected chi connectivity index (χ3v) is 3.52. The van der Waals surface area contributed by atoms with Crippen LogP contribution in [0.15, 0.2) is 6.20 Å². The van der Waals surface area contributed by atoms with Crippen LogP contribution in [0, 0.1) is 6.92 Å². The smallest absolute Gasteiger partial charge is 0.234 e. The van der Waals surface area contributed by atoms with Crippen LogP contribution in [0.5, 0.6) is 0 Å². The maximum Gasteiger partial charge on any atom is 0.234 e. The lowest BCUT2D eigenvalue weighted by atomic mass is 10.2. The number of hydrogen-bond acceptors (Lipinski definition) is 5. The Morgan fingerprint density at radius 3 is 2.82 bits per heavy atom. The van der Waals surface area contributed by atoms with Crippen LogP contribution < -0.4 is 0 Å². The molecule has 17 heavy (non-hydrogen) atoms. The van der Waals surface area contributed by atoms with Gasteiger partial charge in [-0.25, -0.2) is 0 Å². The average Bonchev–Trinajstić information content (AvgIpc) is 2.89. The summed E-state index contributed by atoms with van der Waals surface area (Å²) < 4.78 is 1.82. The number of aromatic amines is 1.